The Morgan fingerprint density at radius 2 is 2.64 bits per heavy atom. The van der Waals surface area contributed by atoms with Gasteiger partial charge < -0.3 is 15.4 Å². The molecule has 1 aliphatic heterocycles. The molecule has 1 aromatic heterocycles. The predicted molar refractivity (Wildman–Crippen MR) is 57.7 cm³/mol. The monoisotopic (exact) mass is 213 g/mol. The Kier molecular flexibility index (Phi) is 3.00. The maximum Gasteiger partial charge on any atom is 0.185 e. The molecule has 1 saturated heterocycles. The van der Waals surface area contributed by atoms with Crippen molar-refractivity contribution in [3.63, 3.8) is 0 Å². The van der Waals surface area contributed by atoms with E-state index in [9.17, 15) is 0 Å². The van der Waals surface area contributed by atoms with E-state index in [1.165, 1.54) is 0 Å². The first-order valence-corrected chi connectivity index (χ1v) is 5.62. The van der Waals surface area contributed by atoms with Gasteiger partial charge in [0.1, 0.15) is 0 Å². The van der Waals surface area contributed by atoms with Gasteiger partial charge in [0.15, 0.2) is 5.13 Å². The van der Waals surface area contributed by atoms with Crippen LogP contribution in [0, 0.1) is 0 Å². The molecular weight excluding hydrogens is 198 g/mol. The van der Waals surface area contributed by atoms with E-state index in [0.29, 0.717) is 18.7 Å². The number of rotatable bonds is 3. The van der Waals surface area contributed by atoms with Crippen molar-refractivity contribution < 1.29 is 4.74 Å². The lowest BCUT2D eigenvalue weighted by Crippen LogP contribution is -2.35. The van der Waals surface area contributed by atoms with E-state index in [0.717, 1.165) is 18.1 Å². The molecule has 1 aromatic rings. The second-order valence-electron chi connectivity index (χ2n) is 3.45. The third-order valence-corrected chi connectivity index (χ3v) is 3.46. The third kappa shape index (κ3) is 1.75. The number of aromatic nitrogens is 1. The van der Waals surface area contributed by atoms with Gasteiger partial charge in [-0.05, 0) is 6.42 Å². The Morgan fingerprint density at radius 3 is 3.21 bits per heavy atom. The Hall–Kier alpha value is -0.650. The van der Waals surface area contributed by atoms with Gasteiger partial charge in [0.2, 0.25) is 0 Å². The first-order chi connectivity index (χ1) is 6.85. The summed E-state index contributed by atoms with van der Waals surface area (Å²) in [6.07, 6.45) is 3.13. The molecule has 2 rings (SSSR count). The molecule has 14 heavy (non-hydrogen) atoms. The summed E-state index contributed by atoms with van der Waals surface area (Å²) >= 11 is 1.66. The molecule has 0 spiro atoms. The highest BCUT2D eigenvalue weighted by molar-refractivity contribution is 7.13. The fourth-order valence-electron chi connectivity index (χ4n) is 1.86. The van der Waals surface area contributed by atoms with Crippen molar-refractivity contribution in [3.05, 3.63) is 11.6 Å². The van der Waals surface area contributed by atoms with Gasteiger partial charge in [-0.25, -0.2) is 4.98 Å². The lowest BCUT2D eigenvalue weighted by atomic mass is 10.2. The van der Waals surface area contributed by atoms with Crippen molar-refractivity contribution in [3.8, 4) is 0 Å². The van der Waals surface area contributed by atoms with Crippen LogP contribution in [-0.4, -0.2) is 37.3 Å². The molecule has 1 aliphatic rings. The van der Waals surface area contributed by atoms with Crippen LogP contribution in [0.2, 0.25) is 0 Å². The van der Waals surface area contributed by atoms with Crippen molar-refractivity contribution in [2.45, 2.75) is 18.6 Å². The fourth-order valence-corrected chi connectivity index (χ4v) is 2.58. The van der Waals surface area contributed by atoms with Crippen molar-refractivity contribution >= 4 is 16.5 Å². The highest BCUT2D eigenvalue weighted by atomic mass is 32.1. The van der Waals surface area contributed by atoms with Crippen molar-refractivity contribution in [2.24, 2.45) is 5.73 Å². The summed E-state index contributed by atoms with van der Waals surface area (Å²) in [4.78, 5) is 6.55. The Bertz CT molecular complexity index is 278. The maximum absolute atomic E-state index is 5.73. The molecule has 78 valence electrons. The van der Waals surface area contributed by atoms with E-state index in [2.05, 4.69) is 9.88 Å². The van der Waals surface area contributed by atoms with Crippen LogP contribution in [0.25, 0.3) is 0 Å². The molecule has 0 amide bonds. The van der Waals surface area contributed by atoms with Crippen LogP contribution < -0.4 is 10.6 Å². The average Bonchev–Trinajstić information content (AvgIpc) is 2.85. The molecule has 5 heteroatoms. The van der Waals surface area contributed by atoms with Gasteiger partial charge in [-0.15, -0.1) is 11.3 Å². The van der Waals surface area contributed by atoms with Gasteiger partial charge in [0.05, 0.1) is 6.10 Å². The summed E-state index contributed by atoms with van der Waals surface area (Å²) in [6.45, 7) is 1.57. The number of hydrogen-bond donors (Lipinski definition) is 1. The van der Waals surface area contributed by atoms with Crippen LogP contribution in [0.5, 0.6) is 0 Å². The van der Waals surface area contributed by atoms with E-state index < -0.39 is 0 Å². The lowest BCUT2D eigenvalue weighted by molar-refractivity contribution is 0.118. The van der Waals surface area contributed by atoms with Crippen molar-refractivity contribution in [2.75, 3.05) is 25.1 Å². The van der Waals surface area contributed by atoms with E-state index in [-0.39, 0.29) is 0 Å². The molecule has 0 radical (unpaired) electrons. The SMILES string of the molecule is COC1CC(CN)N(c2nccs2)C1. The van der Waals surface area contributed by atoms with Crippen LogP contribution in [0.1, 0.15) is 6.42 Å². The van der Waals surface area contributed by atoms with Crippen LogP contribution in [0.4, 0.5) is 5.13 Å². The Balaban J connectivity index is 2.11. The summed E-state index contributed by atoms with van der Waals surface area (Å²) in [5.41, 5.74) is 5.73. The zero-order valence-electron chi connectivity index (χ0n) is 8.22. The molecule has 0 bridgehead atoms. The summed E-state index contributed by atoms with van der Waals surface area (Å²) in [5.74, 6) is 0. The predicted octanol–water partition coefficient (Wildman–Crippen LogP) is 0.695. The molecule has 2 atom stereocenters. The number of anilines is 1. The first-order valence-electron chi connectivity index (χ1n) is 4.74. The normalized spacial score (nSPS) is 27.1. The molecular formula is C9H15N3OS. The smallest absolute Gasteiger partial charge is 0.185 e. The molecule has 0 aliphatic carbocycles. The molecule has 2 unspecified atom stereocenters. The highest BCUT2D eigenvalue weighted by Crippen LogP contribution is 2.27. The van der Waals surface area contributed by atoms with Gasteiger partial charge in [-0.2, -0.15) is 0 Å². The molecule has 0 saturated carbocycles. The van der Waals surface area contributed by atoms with E-state index in [4.69, 9.17) is 10.5 Å². The van der Waals surface area contributed by atoms with Crippen molar-refractivity contribution in [1.82, 2.24) is 4.98 Å². The lowest BCUT2D eigenvalue weighted by Gasteiger charge is -2.21. The Morgan fingerprint density at radius 1 is 1.79 bits per heavy atom. The van der Waals surface area contributed by atoms with E-state index >= 15 is 0 Å². The summed E-state index contributed by atoms with van der Waals surface area (Å²) < 4.78 is 5.35. The summed E-state index contributed by atoms with van der Waals surface area (Å²) in [5, 5.41) is 3.04. The maximum atomic E-state index is 5.73. The topological polar surface area (TPSA) is 51.4 Å². The number of thiazole rings is 1. The summed E-state index contributed by atoms with van der Waals surface area (Å²) in [6, 6.07) is 0.381. The molecule has 1 fully saturated rings. The van der Waals surface area contributed by atoms with Crippen LogP contribution in [0.3, 0.4) is 0 Å². The second-order valence-corrected chi connectivity index (χ2v) is 4.32. The zero-order valence-corrected chi connectivity index (χ0v) is 9.04. The molecule has 0 aromatic carbocycles. The number of methoxy groups -OCH3 is 1. The number of ether oxygens (including phenoxy) is 1. The fraction of sp³-hybridized carbons (Fsp3) is 0.667. The van der Waals surface area contributed by atoms with Gasteiger partial charge in [-0.3, -0.25) is 0 Å². The molecule has 4 nitrogen and oxygen atoms in total. The second kappa shape index (κ2) is 4.25. The number of nitrogens with zero attached hydrogens (tertiary/aromatic N) is 2. The highest BCUT2D eigenvalue weighted by Gasteiger charge is 2.32. The average molecular weight is 213 g/mol. The number of nitrogens with two attached hydrogens (primary N) is 1. The van der Waals surface area contributed by atoms with Crippen LogP contribution >= 0.6 is 11.3 Å². The Labute approximate surface area is 87.7 Å². The third-order valence-electron chi connectivity index (χ3n) is 2.65. The number of hydrogen-bond acceptors (Lipinski definition) is 5. The largest absolute Gasteiger partial charge is 0.380 e. The minimum atomic E-state index is 0.299. The van der Waals surface area contributed by atoms with Gasteiger partial charge in [0.25, 0.3) is 0 Å². The van der Waals surface area contributed by atoms with Gasteiger partial charge >= 0.3 is 0 Å². The minimum absolute atomic E-state index is 0.299. The minimum Gasteiger partial charge on any atom is -0.380 e. The first kappa shape index (κ1) is 9.89. The molecule has 2 heterocycles. The van der Waals surface area contributed by atoms with Gasteiger partial charge in [-0.1, -0.05) is 0 Å². The zero-order chi connectivity index (χ0) is 9.97. The van der Waals surface area contributed by atoms with Gasteiger partial charge in [0, 0.05) is 37.8 Å². The quantitative estimate of drug-likeness (QED) is 0.803. The summed E-state index contributed by atoms with van der Waals surface area (Å²) in [7, 11) is 1.75. The van der Waals surface area contributed by atoms with Crippen LogP contribution in [0.15, 0.2) is 11.6 Å². The molecule has 2 N–H and O–H groups in total. The van der Waals surface area contributed by atoms with E-state index in [1.807, 2.05) is 11.6 Å². The van der Waals surface area contributed by atoms with E-state index in [1.54, 1.807) is 18.4 Å². The van der Waals surface area contributed by atoms with Crippen LogP contribution in [-0.2, 0) is 4.74 Å². The van der Waals surface area contributed by atoms with Crippen molar-refractivity contribution in [1.29, 1.82) is 0 Å². The standard InChI is InChI=1S/C9H15N3OS/c1-13-8-4-7(5-10)12(6-8)9-11-2-3-14-9/h2-3,7-8H,4-6,10H2,1H3.